The van der Waals surface area contributed by atoms with Gasteiger partial charge in [0, 0.05) is 24.9 Å². The third-order valence-electron chi connectivity index (χ3n) is 7.28. The SMILES string of the molecule is NC(=NC(=O)O)c1ccc(CNC(=O)C2(NC(=O)[C@H](N)C3CCCCC3)Cc3ccccc3C2)cc1. The number of nitrogens with two attached hydrogens (primary N) is 2. The smallest absolute Gasteiger partial charge is 0.433 e. The second-order valence-electron chi connectivity index (χ2n) is 9.78. The van der Waals surface area contributed by atoms with Crippen molar-refractivity contribution in [1.82, 2.24) is 10.6 Å². The highest BCUT2D eigenvalue weighted by atomic mass is 16.4. The van der Waals surface area contributed by atoms with E-state index in [0.717, 1.165) is 42.4 Å². The van der Waals surface area contributed by atoms with Crippen LogP contribution in [-0.4, -0.2) is 40.4 Å². The van der Waals surface area contributed by atoms with Crippen molar-refractivity contribution in [2.75, 3.05) is 0 Å². The minimum Gasteiger partial charge on any atom is -0.463 e. The third kappa shape index (κ3) is 5.73. The van der Waals surface area contributed by atoms with Crippen LogP contribution in [0.5, 0.6) is 0 Å². The number of carboxylic acid groups (broad SMARTS) is 1. The normalized spacial score (nSPS) is 18.2. The molecule has 36 heavy (non-hydrogen) atoms. The molecule has 4 rings (SSSR count). The standard InChI is InChI=1S/C27H33N5O4/c28-22(18-6-2-1-3-7-18)24(33)32-27(14-20-8-4-5-9-21(20)15-27)25(34)30-16-17-10-12-19(13-11-17)23(29)31-26(35)36/h4-5,8-13,18,22H,1-3,6-7,14-16,28H2,(H2,29,31)(H,30,34)(H,32,33)(H,35,36)/t22-/m1/s1. The number of amidine groups is 1. The van der Waals surface area contributed by atoms with Gasteiger partial charge < -0.3 is 27.2 Å². The molecule has 0 aliphatic heterocycles. The zero-order valence-electron chi connectivity index (χ0n) is 20.2. The molecular weight excluding hydrogens is 458 g/mol. The number of hydrogen-bond acceptors (Lipinski definition) is 4. The average molecular weight is 492 g/mol. The number of benzene rings is 2. The van der Waals surface area contributed by atoms with Crippen molar-refractivity contribution in [2.24, 2.45) is 22.4 Å². The van der Waals surface area contributed by atoms with Crippen LogP contribution >= 0.6 is 0 Å². The molecule has 2 aromatic carbocycles. The molecule has 2 aromatic rings. The summed E-state index contributed by atoms with van der Waals surface area (Å²) in [6.45, 7) is 0.234. The van der Waals surface area contributed by atoms with E-state index in [2.05, 4.69) is 15.6 Å². The molecular formula is C27H33N5O4. The molecule has 7 N–H and O–H groups in total. The largest absolute Gasteiger partial charge is 0.463 e. The Morgan fingerprint density at radius 3 is 2.19 bits per heavy atom. The molecule has 9 nitrogen and oxygen atoms in total. The highest BCUT2D eigenvalue weighted by Gasteiger charge is 2.46. The summed E-state index contributed by atoms with van der Waals surface area (Å²) >= 11 is 0. The van der Waals surface area contributed by atoms with Crippen molar-refractivity contribution >= 4 is 23.7 Å². The third-order valence-corrected chi connectivity index (χ3v) is 7.28. The summed E-state index contributed by atoms with van der Waals surface area (Å²) in [6, 6.07) is 14.0. The van der Waals surface area contributed by atoms with E-state index in [1.807, 2.05) is 24.3 Å². The maximum Gasteiger partial charge on any atom is 0.433 e. The van der Waals surface area contributed by atoms with Crippen LogP contribution in [-0.2, 0) is 29.0 Å². The molecule has 0 aromatic heterocycles. The van der Waals surface area contributed by atoms with Gasteiger partial charge >= 0.3 is 6.09 Å². The van der Waals surface area contributed by atoms with Crippen LogP contribution in [0.4, 0.5) is 4.79 Å². The second kappa shape index (κ2) is 10.9. The average Bonchev–Trinajstić information content (AvgIpc) is 3.26. The maximum atomic E-state index is 13.6. The van der Waals surface area contributed by atoms with Crippen molar-refractivity contribution in [1.29, 1.82) is 0 Å². The lowest BCUT2D eigenvalue weighted by molar-refractivity contribution is -0.134. The van der Waals surface area contributed by atoms with Crippen LogP contribution in [0, 0.1) is 5.92 Å². The van der Waals surface area contributed by atoms with E-state index >= 15 is 0 Å². The van der Waals surface area contributed by atoms with Gasteiger partial charge in [-0.1, -0.05) is 67.8 Å². The maximum absolute atomic E-state index is 13.6. The Bertz CT molecular complexity index is 1130. The lowest BCUT2D eigenvalue weighted by Gasteiger charge is -2.33. The van der Waals surface area contributed by atoms with E-state index in [4.69, 9.17) is 16.6 Å². The molecule has 190 valence electrons. The molecule has 0 saturated heterocycles. The topological polar surface area (TPSA) is 160 Å². The van der Waals surface area contributed by atoms with Crippen LogP contribution < -0.4 is 22.1 Å². The van der Waals surface area contributed by atoms with Crippen molar-refractivity contribution in [3.63, 3.8) is 0 Å². The van der Waals surface area contributed by atoms with Gasteiger partial charge in [-0.2, -0.15) is 4.99 Å². The lowest BCUT2D eigenvalue weighted by Crippen LogP contribution is -2.63. The van der Waals surface area contributed by atoms with Crippen LogP contribution in [0.3, 0.4) is 0 Å². The van der Waals surface area contributed by atoms with Gasteiger partial charge in [0.25, 0.3) is 0 Å². The number of carbonyl (C=O) groups is 3. The van der Waals surface area contributed by atoms with Gasteiger partial charge in [-0.3, -0.25) is 9.59 Å². The number of nitrogens with one attached hydrogen (secondary N) is 2. The van der Waals surface area contributed by atoms with Gasteiger partial charge in [-0.05, 0) is 35.4 Å². The Kier molecular flexibility index (Phi) is 7.69. The molecule has 2 aliphatic rings. The predicted octanol–water partition coefficient (Wildman–Crippen LogP) is 2.25. The van der Waals surface area contributed by atoms with E-state index in [0.29, 0.717) is 18.4 Å². The van der Waals surface area contributed by atoms with E-state index in [1.165, 1.54) is 6.42 Å². The van der Waals surface area contributed by atoms with E-state index < -0.39 is 17.7 Å². The van der Waals surface area contributed by atoms with Crippen LogP contribution in [0.2, 0.25) is 0 Å². The Hall–Kier alpha value is -3.72. The molecule has 0 heterocycles. The van der Waals surface area contributed by atoms with Crippen LogP contribution in [0.25, 0.3) is 0 Å². The van der Waals surface area contributed by atoms with E-state index in [1.54, 1.807) is 24.3 Å². The highest BCUT2D eigenvalue weighted by Crippen LogP contribution is 2.32. The zero-order valence-corrected chi connectivity index (χ0v) is 20.2. The molecule has 2 aliphatic carbocycles. The monoisotopic (exact) mass is 491 g/mol. The molecule has 3 amide bonds. The molecule has 0 spiro atoms. The zero-order chi connectivity index (χ0) is 25.7. The summed E-state index contributed by atoms with van der Waals surface area (Å²) in [5.41, 5.74) is 14.3. The number of nitrogens with zero attached hydrogens (tertiary/aromatic N) is 1. The molecule has 0 unspecified atom stereocenters. The van der Waals surface area contributed by atoms with Crippen LogP contribution in [0.15, 0.2) is 53.5 Å². The summed E-state index contributed by atoms with van der Waals surface area (Å²) in [5, 5.41) is 14.8. The molecule has 1 fully saturated rings. The van der Waals surface area contributed by atoms with Crippen molar-refractivity contribution in [3.05, 3.63) is 70.8 Å². The van der Waals surface area contributed by atoms with Crippen LogP contribution in [0.1, 0.15) is 54.4 Å². The number of fused-ring (bicyclic) bond motifs is 1. The van der Waals surface area contributed by atoms with Gasteiger partial charge in [0.05, 0.1) is 6.04 Å². The Balaban J connectivity index is 1.47. The molecule has 0 radical (unpaired) electrons. The number of carbonyl (C=O) groups excluding carboxylic acids is 2. The van der Waals surface area contributed by atoms with E-state index in [-0.39, 0.29) is 30.1 Å². The Labute approximate surface area is 210 Å². The molecule has 1 atom stereocenters. The first-order chi connectivity index (χ1) is 17.3. The van der Waals surface area contributed by atoms with E-state index in [9.17, 15) is 14.4 Å². The number of hydrogen-bond donors (Lipinski definition) is 5. The Morgan fingerprint density at radius 2 is 1.61 bits per heavy atom. The summed E-state index contributed by atoms with van der Waals surface area (Å²) in [4.78, 5) is 40.8. The fraction of sp³-hybridized carbons (Fsp3) is 0.407. The second-order valence-corrected chi connectivity index (χ2v) is 9.78. The van der Waals surface area contributed by atoms with Gasteiger partial charge in [-0.15, -0.1) is 0 Å². The first-order valence-corrected chi connectivity index (χ1v) is 12.4. The molecule has 9 heteroatoms. The summed E-state index contributed by atoms with van der Waals surface area (Å²) in [7, 11) is 0. The number of aliphatic imine (C=N–C) groups is 1. The van der Waals surface area contributed by atoms with Gasteiger partial charge in [0.15, 0.2) is 0 Å². The fourth-order valence-corrected chi connectivity index (χ4v) is 5.26. The van der Waals surface area contributed by atoms with Gasteiger partial charge in [0.2, 0.25) is 11.8 Å². The minimum atomic E-state index is -1.36. The Morgan fingerprint density at radius 1 is 1.00 bits per heavy atom. The van der Waals surface area contributed by atoms with Gasteiger partial charge in [0.1, 0.15) is 11.4 Å². The first-order valence-electron chi connectivity index (χ1n) is 12.4. The highest BCUT2D eigenvalue weighted by molar-refractivity contribution is 6.02. The predicted molar refractivity (Wildman–Crippen MR) is 136 cm³/mol. The molecule has 1 saturated carbocycles. The quantitative estimate of drug-likeness (QED) is 0.295. The van der Waals surface area contributed by atoms with Gasteiger partial charge in [-0.25, -0.2) is 4.79 Å². The number of amides is 3. The summed E-state index contributed by atoms with van der Waals surface area (Å²) in [6.07, 6.45) is 4.64. The van der Waals surface area contributed by atoms with Crippen molar-refractivity contribution in [3.8, 4) is 0 Å². The fourth-order valence-electron chi connectivity index (χ4n) is 5.26. The number of rotatable bonds is 7. The molecule has 0 bridgehead atoms. The summed E-state index contributed by atoms with van der Waals surface area (Å²) < 4.78 is 0. The minimum absolute atomic E-state index is 0.0993. The van der Waals surface area contributed by atoms with Crippen molar-refractivity contribution in [2.45, 2.75) is 63.1 Å². The van der Waals surface area contributed by atoms with Crippen molar-refractivity contribution < 1.29 is 19.5 Å². The lowest BCUT2D eigenvalue weighted by atomic mass is 9.83. The summed E-state index contributed by atoms with van der Waals surface area (Å²) in [5.74, 6) is -0.502. The first kappa shape index (κ1) is 25.4.